The molecule has 4 N–H and O–H groups in total. The van der Waals surface area contributed by atoms with Crippen molar-refractivity contribution in [2.24, 2.45) is 0 Å². The van der Waals surface area contributed by atoms with Crippen molar-refractivity contribution in [2.45, 2.75) is 12.5 Å². The summed E-state index contributed by atoms with van der Waals surface area (Å²) >= 11 is 0. The number of benzene rings is 1. The molecule has 1 atom stereocenters. The van der Waals surface area contributed by atoms with Gasteiger partial charge in [-0.15, -0.1) is 0 Å². The number of anilines is 1. The Balaban J connectivity index is 2.34. The van der Waals surface area contributed by atoms with Crippen LogP contribution < -0.4 is 11.1 Å². The fourth-order valence-corrected chi connectivity index (χ4v) is 1.42. The van der Waals surface area contributed by atoms with Gasteiger partial charge in [-0.3, -0.25) is 0 Å². The largest absolute Gasteiger partial charge is 0.508 e. The number of hydrogen-bond acceptors (Lipinski definition) is 3. The van der Waals surface area contributed by atoms with Gasteiger partial charge in [-0.2, -0.15) is 0 Å². The third-order valence-electron chi connectivity index (χ3n) is 2.27. The van der Waals surface area contributed by atoms with Crippen molar-refractivity contribution in [3.05, 3.63) is 23.8 Å². The SMILES string of the molecule is Nc1ccc(O)cc1C1CCN1. The predicted molar refractivity (Wildman–Crippen MR) is 47.9 cm³/mol. The van der Waals surface area contributed by atoms with Crippen LogP contribution in [0, 0.1) is 0 Å². The highest BCUT2D eigenvalue weighted by atomic mass is 16.3. The minimum Gasteiger partial charge on any atom is -0.508 e. The van der Waals surface area contributed by atoms with Gasteiger partial charge in [0.15, 0.2) is 0 Å². The van der Waals surface area contributed by atoms with E-state index in [0.29, 0.717) is 6.04 Å². The van der Waals surface area contributed by atoms with Crippen LogP contribution in [0.2, 0.25) is 0 Å². The summed E-state index contributed by atoms with van der Waals surface area (Å²) < 4.78 is 0. The lowest BCUT2D eigenvalue weighted by Gasteiger charge is -2.29. The van der Waals surface area contributed by atoms with Crippen LogP contribution in [-0.4, -0.2) is 11.7 Å². The molecule has 1 aliphatic rings. The van der Waals surface area contributed by atoms with E-state index >= 15 is 0 Å². The summed E-state index contributed by atoms with van der Waals surface area (Å²) in [6, 6.07) is 5.42. The van der Waals surface area contributed by atoms with Crippen LogP contribution in [0.5, 0.6) is 5.75 Å². The molecule has 3 nitrogen and oxygen atoms in total. The first-order valence-corrected chi connectivity index (χ1v) is 4.09. The van der Waals surface area contributed by atoms with Crippen LogP contribution in [0.3, 0.4) is 0 Å². The van der Waals surface area contributed by atoms with Crippen LogP contribution in [0.4, 0.5) is 5.69 Å². The van der Waals surface area contributed by atoms with E-state index in [0.717, 1.165) is 24.2 Å². The third kappa shape index (κ3) is 1.12. The quantitative estimate of drug-likeness (QED) is 0.429. The van der Waals surface area contributed by atoms with Crippen molar-refractivity contribution in [1.82, 2.24) is 5.32 Å². The van der Waals surface area contributed by atoms with E-state index < -0.39 is 0 Å². The molecule has 1 heterocycles. The van der Waals surface area contributed by atoms with Crippen molar-refractivity contribution < 1.29 is 5.11 Å². The number of nitrogens with two attached hydrogens (primary N) is 1. The molecule has 64 valence electrons. The molecule has 12 heavy (non-hydrogen) atoms. The second-order valence-corrected chi connectivity index (χ2v) is 3.11. The molecule has 1 unspecified atom stereocenters. The predicted octanol–water partition coefficient (Wildman–Crippen LogP) is 1.01. The van der Waals surface area contributed by atoms with E-state index in [1.165, 1.54) is 0 Å². The van der Waals surface area contributed by atoms with Crippen LogP contribution in [0.1, 0.15) is 18.0 Å². The van der Waals surface area contributed by atoms with Crippen LogP contribution in [0.25, 0.3) is 0 Å². The summed E-state index contributed by atoms with van der Waals surface area (Å²) in [6.07, 6.45) is 1.10. The monoisotopic (exact) mass is 164 g/mol. The first-order chi connectivity index (χ1) is 5.77. The van der Waals surface area contributed by atoms with Crippen LogP contribution in [-0.2, 0) is 0 Å². The minimum absolute atomic E-state index is 0.285. The average molecular weight is 164 g/mol. The Bertz CT molecular complexity index is 295. The lowest BCUT2D eigenvalue weighted by molar-refractivity contribution is 0.382. The van der Waals surface area contributed by atoms with Crippen LogP contribution in [0.15, 0.2) is 18.2 Å². The molecule has 0 bridgehead atoms. The standard InChI is InChI=1S/C9H12N2O/c10-8-2-1-6(12)5-7(8)9-3-4-11-9/h1-2,5,9,11-12H,3-4,10H2. The van der Waals surface area contributed by atoms with Crippen molar-refractivity contribution in [2.75, 3.05) is 12.3 Å². The van der Waals surface area contributed by atoms with Gasteiger partial charge in [0.25, 0.3) is 0 Å². The highest BCUT2D eigenvalue weighted by Gasteiger charge is 2.20. The van der Waals surface area contributed by atoms with Gasteiger partial charge in [-0.1, -0.05) is 0 Å². The maximum absolute atomic E-state index is 9.22. The molecule has 2 rings (SSSR count). The zero-order valence-electron chi connectivity index (χ0n) is 6.75. The molecule has 1 saturated heterocycles. The van der Waals surface area contributed by atoms with Crippen LogP contribution >= 0.6 is 0 Å². The van der Waals surface area contributed by atoms with Gasteiger partial charge in [0.05, 0.1) is 0 Å². The number of phenolic OH excluding ortho intramolecular Hbond substituents is 1. The molecule has 3 heteroatoms. The number of aromatic hydroxyl groups is 1. The Hall–Kier alpha value is -1.22. The van der Waals surface area contributed by atoms with Crippen molar-refractivity contribution in [3.63, 3.8) is 0 Å². The van der Waals surface area contributed by atoms with Gasteiger partial charge in [0, 0.05) is 11.7 Å². The summed E-state index contributed by atoms with van der Waals surface area (Å²) in [5.74, 6) is 0.285. The van der Waals surface area contributed by atoms with E-state index in [4.69, 9.17) is 5.73 Å². The molecular formula is C9H12N2O. The van der Waals surface area contributed by atoms with Crippen molar-refractivity contribution >= 4 is 5.69 Å². The molecular weight excluding hydrogens is 152 g/mol. The second-order valence-electron chi connectivity index (χ2n) is 3.11. The fourth-order valence-electron chi connectivity index (χ4n) is 1.42. The second kappa shape index (κ2) is 2.68. The Kier molecular flexibility index (Phi) is 1.66. The fraction of sp³-hybridized carbons (Fsp3) is 0.333. The molecule has 1 aromatic carbocycles. The molecule has 0 spiro atoms. The highest BCUT2D eigenvalue weighted by Crippen LogP contribution is 2.30. The van der Waals surface area contributed by atoms with E-state index in [2.05, 4.69) is 5.32 Å². The molecule has 0 saturated carbocycles. The number of phenols is 1. The highest BCUT2D eigenvalue weighted by molar-refractivity contribution is 5.52. The molecule has 0 radical (unpaired) electrons. The molecule has 1 aliphatic heterocycles. The van der Waals surface area contributed by atoms with E-state index in [9.17, 15) is 5.11 Å². The van der Waals surface area contributed by atoms with Crippen molar-refractivity contribution in [3.8, 4) is 5.75 Å². The lowest BCUT2D eigenvalue weighted by atomic mass is 9.96. The summed E-state index contributed by atoms with van der Waals surface area (Å²) in [4.78, 5) is 0. The van der Waals surface area contributed by atoms with E-state index in [1.54, 1.807) is 18.2 Å². The number of nitrogen functional groups attached to an aromatic ring is 1. The average Bonchev–Trinajstić information content (AvgIpc) is 1.93. The molecule has 1 fully saturated rings. The van der Waals surface area contributed by atoms with E-state index in [-0.39, 0.29) is 5.75 Å². The number of rotatable bonds is 1. The third-order valence-corrected chi connectivity index (χ3v) is 2.27. The normalized spacial score (nSPS) is 21.8. The molecule has 0 amide bonds. The summed E-state index contributed by atoms with van der Waals surface area (Å²) in [6.45, 7) is 1.04. The first-order valence-electron chi connectivity index (χ1n) is 4.09. The Morgan fingerprint density at radius 3 is 2.83 bits per heavy atom. The van der Waals surface area contributed by atoms with Gasteiger partial charge in [-0.25, -0.2) is 0 Å². The Morgan fingerprint density at radius 2 is 2.25 bits per heavy atom. The van der Waals surface area contributed by atoms with Crippen molar-refractivity contribution in [1.29, 1.82) is 0 Å². The lowest BCUT2D eigenvalue weighted by Crippen LogP contribution is -2.35. The summed E-state index contributed by atoms with van der Waals surface area (Å²) in [7, 11) is 0. The van der Waals surface area contributed by atoms with Gasteiger partial charge in [-0.05, 0) is 36.7 Å². The minimum atomic E-state index is 0.285. The molecule has 0 aliphatic carbocycles. The summed E-state index contributed by atoms with van der Waals surface area (Å²) in [5, 5.41) is 12.5. The van der Waals surface area contributed by atoms with Gasteiger partial charge in [0.2, 0.25) is 0 Å². The number of hydrogen-bond donors (Lipinski definition) is 3. The maximum Gasteiger partial charge on any atom is 0.116 e. The van der Waals surface area contributed by atoms with Gasteiger partial charge in [0.1, 0.15) is 5.75 Å². The molecule has 0 aromatic heterocycles. The topological polar surface area (TPSA) is 58.3 Å². The maximum atomic E-state index is 9.22. The van der Waals surface area contributed by atoms with E-state index in [1.807, 2.05) is 0 Å². The molecule has 1 aromatic rings. The Labute approximate surface area is 71.2 Å². The first kappa shape index (κ1) is 7.43. The Morgan fingerprint density at radius 1 is 1.50 bits per heavy atom. The number of nitrogens with one attached hydrogen (secondary N) is 1. The smallest absolute Gasteiger partial charge is 0.116 e. The summed E-state index contributed by atoms with van der Waals surface area (Å²) in [5.41, 5.74) is 7.52. The zero-order chi connectivity index (χ0) is 8.55. The van der Waals surface area contributed by atoms with Gasteiger partial charge < -0.3 is 16.2 Å². The van der Waals surface area contributed by atoms with Gasteiger partial charge >= 0.3 is 0 Å². The zero-order valence-corrected chi connectivity index (χ0v) is 6.75.